The van der Waals surface area contributed by atoms with Gasteiger partial charge in [0.05, 0.1) is 11.2 Å². The predicted octanol–water partition coefficient (Wildman–Crippen LogP) is 3.88. The summed E-state index contributed by atoms with van der Waals surface area (Å²) in [6.45, 7) is 2.06. The van der Waals surface area contributed by atoms with Crippen LogP contribution in [0.3, 0.4) is 0 Å². The quantitative estimate of drug-likeness (QED) is 0.670. The number of halogens is 1. The van der Waals surface area contributed by atoms with Crippen LogP contribution in [0.4, 0.5) is 5.69 Å². The van der Waals surface area contributed by atoms with Crippen LogP contribution >= 0.6 is 15.9 Å². The van der Waals surface area contributed by atoms with Crippen molar-refractivity contribution in [3.63, 3.8) is 0 Å². The number of nitrogen functional groups attached to an aromatic ring is 1. The maximum Gasteiger partial charge on any atom is 0.138 e. The summed E-state index contributed by atoms with van der Waals surface area (Å²) in [4.78, 5) is 7.85. The third-order valence-electron chi connectivity index (χ3n) is 2.98. The molecule has 0 aliphatic carbocycles. The number of benzene rings is 2. The fourth-order valence-corrected chi connectivity index (χ4v) is 2.23. The molecule has 3 aromatic rings. The summed E-state index contributed by atoms with van der Waals surface area (Å²) in [6, 6.07) is 11.9. The third-order valence-corrected chi connectivity index (χ3v) is 3.87. The summed E-state index contributed by atoms with van der Waals surface area (Å²) < 4.78 is 1.10. The Hall–Kier alpha value is -1.81. The minimum atomic E-state index is 0.698. The van der Waals surface area contributed by atoms with Crippen LogP contribution in [0.25, 0.3) is 22.4 Å². The molecular formula is C14H12BrN3. The number of hydrogen-bond donors (Lipinski definition) is 2. The van der Waals surface area contributed by atoms with E-state index < -0.39 is 0 Å². The highest BCUT2D eigenvalue weighted by Gasteiger charge is 2.08. The number of aromatic amines is 1. The lowest BCUT2D eigenvalue weighted by Gasteiger charge is -2.00. The Labute approximate surface area is 113 Å². The summed E-state index contributed by atoms with van der Waals surface area (Å²) in [5.74, 6) is 0.846. The number of imidazole rings is 1. The number of H-pyrrole nitrogens is 1. The van der Waals surface area contributed by atoms with Crippen LogP contribution in [0.5, 0.6) is 0 Å². The molecule has 3 nitrogen and oxygen atoms in total. The van der Waals surface area contributed by atoms with E-state index in [1.165, 1.54) is 5.56 Å². The van der Waals surface area contributed by atoms with Crippen LogP contribution in [0.1, 0.15) is 5.56 Å². The van der Waals surface area contributed by atoms with Crippen molar-refractivity contribution in [2.45, 2.75) is 6.92 Å². The number of anilines is 1. The first-order valence-corrected chi connectivity index (χ1v) is 6.45. The van der Waals surface area contributed by atoms with Gasteiger partial charge in [0.2, 0.25) is 0 Å². The van der Waals surface area contributed by atoms with E-state index in [1.807, 2.05) is 30.3 Å². The van der Waals surface area contributed by atoms with Crippen LogP contribution in [-0.4, -0.2) is 9.97 Å². The molecule has 3 N–H and O–H groups in total. The van der Waals surface area contributed by atoms with Crippen LogP contribution in [0.15, 0.2) is 40.9 Å². The summed E-state index contributed by atoms with van der Waals surface area (Å²) in [6.07, 6.45) is 0. The smallest absolute Gasteiger partial charge is 0.138 e. The van der Waals surface area contributed by atoms with E-state index in [0.717, 1.165) is 26.9 Å². The van der Waals surface area contributed by atoms with Crippen molar-refractivity contribution in [2.24, 2.45) is 0 Å². The normalized spacial score (nSPS) is 11.0. The van der Waals surface area contributed by atoms with E-state index >= 15 is 0 Å². The van der Waals surface area contributed by atoms with Gasteiger partial charge in [-0.3, -0.25) is 0 Å². The Morgan fingerprint density at radius 1 is 1.22 bits per heavy atom. The maximum atomic E-state index is 5.91. The summed E-state index contributed by atoms with van der Waals surface area (Å²) in [5, 5.41) is 0. The van der Waals surface area contributed by atoms with Gasteiger partial charge in [0.15, 0.2) is 0 Å². The summed E-state index contributed by atoms with van der Waals surface area (Å²) >= 11 is 3.50. The third kappa shape index (κ3) is 1.78. The van der Waals surface area contributed by atoms with Crippen LogP contribution in [0.2, 0.25) is 0 Å². The Balaban J connectivity index is 2.19. The maximum absolute atomic E-state index is 5.91. The standard InChI is InChI=1S/C14H12BrN3/c1-8-7-9(5-6-10(8)15)14-17-12-4-2-3-11(16)13(12)18-14/h2-7H,16H2,1H3,(H,17,18). The number of nitrogens with zero attached hydrogens (tertiary/aromatic N) is 1. The van der Waals surface area contributed by atoms with E-state index in [0.29, 0.717) is 5.69 Å². The van der Waals surface area contributed by atoms with Crippen molar-refractivity contribution >= 4 is 32.7 Å². The predicted molar refractivity (Wildman–Crippen MR) is 78.4 cm³/mol. The van der Waals surface area contributed by atoms with Gasteiger partial charge in [-0.05, 0) is 36.8 Å². The zero-order chi connectivity index (χ0) is 12.7. The van der Waals surface area contributed by atoms with E-state index in [1.54, 1.807) is 0 Å². The molecule has 0 aliphatic heterocycles. The van der Waals surface area contributed by atoms with Crippen molar-refractivity contribution < 1.29 is 0 Å². The molecule has 0 amide bonds. The minimum absolute atomic E-state index is 0.698. The number of nitrogens with one attached hydrogen (secondary N) is 1. The van der Waals surface area contributed by atoms with Crippen molar-refractivity contribution in [2.75, 3.05) is 5.73 Å². The average Bonchev–Trinajstić information content (AvgIpc) is 2.78. The highest BCUT2D eigenvalue weighted by atomic mass is 79.9. The Kier molecular flexibility index (Phi) is 2.59. The molecule has 0 atom stereocenters. The molecule has 0 aliphatic rings. The molecule has 0 saturated heterocycles. The Bertz CT molecular complexity index is 731. The Morgan fingerprint density at radius 2 is 2.06 bits per heavy atom. The lowest BCUT2D eigenvalue weighted by molar-refractivity contribution is 1.32. The van der Waals surface area contributed by atoms with Crippen molar-refractivity contribution in [3.8, 4) is 11.4 Å². The van der Waals surface area contributed by atoms with E-state index in [4.69, 9.17) is 5.73 Å². The molecule has 0 bridgehead atoms. The highest BCUT2D eigenvalue weighted by molar-refractivity contribution is 9.10. The molecule has 0 spiro atoms. The fourth-order valence-electron chi connectivity index (χ4n) is 1.98. The number of rotatable bonds is 1. The molecule has 18 heavy (non-hydrogen) atoms. The van der Waals surface area contributed by atoms with Crippen molar-refractivity contribution in [1.82, 2.24) is 9.97 Å². The van der Waals surface area contributed by atoms with Gasteiger partial charge >= 0.3 is 0 Å². The van der Waals surface area contributed by atoms with Crippen LogP contribution in [0, 0.1) is 6.92 Å². The lowest BCUT2D eigenvalue weighted by Crippen LogP contribution is -1.85. The molecule has 3 rings (SSSR count). The SMILES string of the molecule is Cc1cc(-c2nc3c(N)cccc3[nH]2)ccc1Br. The number of para-hydroxylation sites is 1. The van der Waals surface area contributed by atoms with Gasteiger partial charge in [0, 0.05) is 10.0 Å². The topological polar surface area (TPSA) is 54.7 Å². The molecular weight excluding hydrogens is 290 g/mol. The van der Waals surface area contributed by atoms with Crippen LogP contribution in [-0.2, 0) is 0 Å². The van der Waals surface area contributed by atoms with Crippen LogP contribution < -0.4 is 5.73 Å². The van der Waals surface area contributed by atoms with Gasteiger partial charge in [-0.15, -0.1) is 0 Å². The minimum Gasteiger partial charge on any atom is -0.397 e. The summed E-state index contributed by atoms with van der Waals surface area (Å²) in [5.41, 5.74) is 10.6. The van der Waals surface area contributed by atoms with E-state index in [9.17, 15) is 0 Å². The number of aryl methyl sites for hydroxylation is 1. The zero-order valence-electron chi connectivity index (χ0n) is 9.87. The van der Waals surface area contributed by atoms with Gasteiger partial charge in [-0.25, -0.2) is 4.98 Å². The first-order chi connectivity index (χ1) is 8.65. The van der Waals surface area contributed by atoms with E-state index in [-0.39, 0.29) is 0 Å². The molecule has 2 aromatic carbocycles. The molecule has 4 heteroatoms. The molecule has 0 radical (unpaired) electrons. The highest BCUT2D eigenvalue weighted by Crippen LogP contribution is 2.26. The molecule has 0 unspecified atom stereocenters. The number of fused-ring (bicyclic) bond motifs is 1. The van der Waals surface area contributed by atoms with Gasteiger partial charge in [0.25, 0.3) is 0 Å². The molecule has 1 heterocycles. The molecule has 1 aromatic heterocycles. The average molecular weight is 302 g/mol. The first-order valence-electron chi connectivity index (χ1n) is 5.66. The van der Waals surface area contributed by atoms with Gasteiger partial charge in [-0.1, -0.05) is 28.1 Å². The lowest BCUT2D eigenvalue weighted by atomic mass is 10.1. The van der Waals surface area contributed by atoms with Crippen molar-refractivity contribution in [1.29, 1.82) is 0 Å². The van der Waals surface area contributed by atoms with Crippen molar-refractivity contribution in [3.05, 3.63) is 46.4 Å². The second kappa shape index (κ2) is 4.14. The summed E-state index contributed by atoms with van der Waals surface area (Å²) in [7, 11) is 0. The second-order valence-electron chi connectivity index (χ2n) is 4.29. The molecule has 90 valence electrons. The van der Waals surface area contributed by atoms with Gasteiger partial charge in [-0.2, -0.15) is 0 Å². The number of aromatic nitrogens is 2. The second-order valence-corrected chi connectivity index (χ2v) is 5.15. The Morgan fingerprint density at radius 3 is 2.78 bits per heavy atom. The van der Waals surface area contributed by atoms with Gasteiger partial charge in [0.1, 0.15) is 11.3 Å². The monoisotopic (exact) mass is 301 g/mol. The number of nitrogens with two attached hydrogens (primary N) is 1. The number of hydrogen-bond acceptors (Lipinski definition) is 2. The van der Waals surface area contributed by atoms with Gasteiger partial charge < -0.3 is 10.7 Å². The van der Waals surface area contributed by atoms with E-state index in [2.05, 4.69) is 38.9 Å². The molecule has 0 fully saturated rings. The largest absolute Gasteiger partial charge is 0.397 e. The molecule has 0 saturated carbocycles. The zero-order valence-corrected chi connectivity index (χ0v) is 11.5. The fraction of sp³-hybridized carbons (Fsp3) is 0.0714. The first kappa shape index (κ1) is 11.3.